The fourth-order valence-electron chi connectivity index (χ4n) is 5.94. The number of oxazole rings is 2. The minimum absolute atomic E-state index is 0. The summed E-state index contributed by atoms with van der Waals surface area (Å²) in [5.41, 5.74) is 5.45. The lowest BCUT2D eigenvalue weighted by molar-refractivity contribution is 0.501. The maximum absolute atomic E-state index is 5.71. The number of rotatable bonds is 6. The Hall–Kier alpha value is -3.70. The van der Waals surface area contributed by atoms with Crippen LogP contribution >= 0.6 is 45.3 Å². The van der Waals surface area contributed by atoms with Crippen molar-refractivity contribution in [3.8, 4) is 0 Å². The number of thiophene rings is 2. The summed E-state index contributed by atoms with van der Waals surface area (Å²) in [6.45, 7) is 26.1. The summed E-state index contributed by atoms with van der Waals surface area (Å²) < 4.78 is 16.8. The van der Waals surface area contributed by atoms with Crippen LogP contribution in [0.5, 0.6) is 0 Å². The van der Waals surface area contributed by atoms with Crippen molar-refractivity contribution >= 4 is 108 Å². The first-order valence-electron chi connectivity index (χ1n) is 19.0. The molecule has 0 N–H and O–H groups in total. The third-order valence-corrected chi connectivity index (χ3v) is 14.6. The van der Waals surface area contributed by atoms with Crippen molar-refractivity contribution in [2.24, 2.45) is 0 Å². The molecule has 9 rings (SSSR count). The van der Waals surface area contributed by atoms with E-state index in [0.717, 1.165) is 45.0 Å². The van der Waals surface area contributed by atoms with Gasteiger partial charge in [-0.05, 0) is 59.0 Å². The van der Waals surface area contributed by atoms with Crippen LogP contribution in [0.1, 0.15) is 165 Å². The molecular weight excluding hydrogens is 769 g/mol. The molecule has 56 heavy (non-hydrogen) atoms. The highest BCUT2D eigenvalue weighted by Gasteiger charge is 2.16. The first-order valence-corrected chi connectivity index (χ1v) is 22.3. The van der Waals surface area contributed by atoms with Gasteiger partial charge < -0.3 is 8.83 Å². The molecule has 6 heterocycles. The second-order valence-corrected chi connectivity index (χ2v) is 20.3. The summed E-state index contributed by atoms with van der Waals surface area (Å²) in [5, 5.41) is 5.25. The van der Waals surface area contributed by atoms with Crippen LogP contribution in [0.3, 0.4) is 0 Å². The van der Waals surface area contributed by atoms with E-state index in [1.165, 1.54) is 49.3 Å². The van der Waals surface area contributed by atoms with Crippen molar-refractivity contribution in [1.82, 2.24) is 19.9 Å². The van der Waals surface area contributed by atoms with Gasteiger partial charge in [0.2, 0.25) is 0 Å². The molecule has 0 saturated carbocycles. The average molecular weight is 827 g/mol. The van der Waals surface area contributed by atoms with Crippen molar-refractivity contribution in [1.29, 1.82) is 0 Å². The fraction of sp³-hybridized carbons (Fsp3) is 0.435. The lowest BCUT2D eigenvalue weighted by atomic mass is 10.1. The molecule has 0 amide bonds. The smallest absolute Gasteiger partial charge is 0.198 e. The van der Waals surface area contributed by atoms with Crippen molar-refractivity contribution in [2.45, 2.75) is 133 Å². The van der Waals surface area contributed by atoms with Crippen molar-refractivity contribution in [3.05, 3.63) is 80.1 Å². The standard InChI is InChI=1S/C16H18S2.C14H16N2O2.C14H16N2S2.2CH4/c1-9(2)13-5-11-7-16-12(8-15(11)17-13)6-14(18-16)10(3)4;2*1-7(2)13-15-9-5-12-10(6-11(9)17-13)16-14(18-12)8(3)4;;/h5-10H,1-4H3;2*5-8H,1-4H3;2*1H4. The number of nitrogens with zero attached hydrogens (tertiary/aromatic N) is 4. The molecule has 0 radical (unpaired) electrons. The quantitative estimate of drug-likeness (QED) is 0.166. The summed E-state index contributed by atoms with van der Waals surface area (Å²) in [7, 11) is 0. The first-order chi connectivity index (χ1) is 25.6. The number of thiazole rings is 2. The molecule has 0 aliphatic heterocycles. The second kappa shape index (κ2) is 17.4. The van der Waals surface area contributed by atoms with E-state index in [1.807, 2.05) is 34.8 Å². The van der Waals surface area contributed by atoms with Crippen molar-refractivity contribution in [2.75, 3.05) is 0 Å². The average Bonchev–Trinajstić information content (AvgIpc) is 3.95. The Morgan fingerprint density at radius 1 is 0.375 bits per heavy atom. The van der Waals surface area contributed by atoms with E-state index in [9.17, 15) is 0 Å². The van der Waals surface area contributed by atoms with Gasteiger partial charge in [0.25, 0.3) is 0 Å². The van der Waals surface area contributed by atoms with Crippen LogP contribution in [0, 0.1) is 0 Å². The van der Waals surface area contributed by atoms with Crippen LogP contribution < -0.4 is 0 Å². The Bertz CT molecular complexity index is 2090. The van der Waals surface area contributed by atoms with Gasteiger partial charge in [0, 0.05) is 55.0 Å². The van der Waals surface area contributed by atoms with Gasteiger partial charge in [-0.1, -0.05) is 97.9 Å². The molecule has 10 heteroatoms. The highest BCUT2D eigenvalue weighted by Crippen LogP contribution is 2.38. The topological polar surface area (TPSA) is 77.8 Å². The third-order valence-electron chi connectivity index (χ3n) is 9.17. The van der Waals surface area contributed by atoms with Crippen LogP contribution in [0.15, 0.2) is 57.4 Å². The summed E-state index contributed by atoms with van der Waals surface area (Å²) >= 11 is 7.47. The maximum atomic E-state index is 5.71. The molecule has 3 aromatic carbocycles. The van der Waals surface area contributed by atoms with E-state index in [-0.39, 0.29) is 26.7 Å². The molecule has 0 aliphatic rings. The minimum Gasteiger partial charge on any atom is -0.440 e. The number of fused-ring (bicyclic) bond motifs is 6. The van der Waals surface area contributed by atoms with Crippen LogP contribution in [-0.2, 0) is 0 Å². The lowest BCUT2D eigenvalue weighted by Gasteiger charge is -1.96. The van der Waals surface area contributed by atoms with Gasteiger partial charge in [-0.15, -0.1) is 45.3 Å². The molecule has 0 fully saturated rings. The normalized spacial score (nSPS) is 11.9. The molecule has 298 valence electrons. The van der Waals surface area contributed by atoms with Gasteiger partial charge >= 0.3 is 0 Å². The van der Waals surface area contributed by atoms with Crippen LogP contribution in [-0.4, -0.2) is 19.9 Å². The monoisotopic (exact) mass is 826 g/mol. The van der Waals surface area contributed by atoms with Gasteiger partial charge in [0.15, 0.2) is 22.9 Å². The molecule has 0 atom stereocenters. The van der Waals surface area contributed by atoms with E-state index in [4.69, 9.17) is 18.8 Å². The molecular formula is C46H58N4O2S4. The Kier molecular flexibility index (Phi) is 13.5. The fourth-order valence-corrected chi connectivity index (χ4v) is 10.1. The number of hydrogen-bond acceptors (Lipinski definition) is 10. The Morgan fingerprint density at radius 3 is 1.07 bits per heavy atom. The summed E-state index contributed by atoms with van der Waals surface area (Å²) in [6.07, 6.45) is 0. The Balaban J connectivity index is 0.000000158. The molecule has 0 saturated heterocycles. The molecule has 0 bridgehead atoms. The molecule has 9 aromatic rings. The van der Waals surface area contributed by atoms with Crippen molar-refractivity contribution < 1.29 is 8.83 Å². The van der Waals surface area contributed by atoms with Gasteiger partial charge in [0.05, 0.1) is 30.4 Å². The minimum atomic E-state index is 0. The molecule has 6 nitrogen and oxygen atoms in total. The number of hydrogen-bond donors (Lipinski definition) is 0. The van der Waals surface area contributed by atoms with E-state index < -0.39 is 0 Å². The predicted molar refractivity (Wildman–Crippen MR) is 250 cm³/mol. The van der Waals surface area contributed by atoms with Crippen LogP contribution in [0.25, 0.3) is 62.8 Å². The molecule has 0 aliphatic carbocycles. The lowest BCUT2D eigenvalue weighted by Crippen LogP contribution is -1.84. The van der Waals surface area contributed by atoms with Gasteiger partial charge in [-0.25, -0.2) is 19.9 Å². The summed E-state index contributed by atoms with van der Waals surface area (Å²) in [4.78, 5) is 21.3. The predicted octanol–water partition coefficient (Wildman–Crippen LogP) is 17.0. The Labute approximate surface area is 348 Å². The second-order valence-electron chi connectivity index (χ2n) is 15.9. The van der Waals surface area contributed by atoms with Crippen LogP contribution in [0.2, 0.25) is 0 Å². The Morgan fingerprint density at radius 2 is 0.750 bits per heavy atom. The van der Waals surface area contributed by atoms with E-state index >= 15 is 0 Å². The van der Waals surface area contributed by atoms with Gasteiger partial charge in [-0.2, -0.15) is 0 Å². The van der Waals surface area contributed by atoms with Gasteiger partial charge in [0.1, 0.15) is 11.0 Å². The largest absolute Gasteiger partial charge is 0.440 e. The van der Waals surface area contributed by atoms with E-state index in [0.29, 0.717) is 23.7 Å². The highest BCUT2D eigenvalue weighted by atomic mass is 32.1. The van der Waals surface area contributed by atoms with E-state index in [2.05, 4.69) is 129 Å². The zero-order chi connectivity index (χ0) is 38.6. The van der Waals surface area contributed by atoms with E-state index in [1.54, 1.807) is 22.7 Å². The summed E-state index contributed by atoms with van der Waals surface area (Å²) in [6, 6.07) is 17.6. The molecule has 6 aromatic heterocycles. The molecule has 0 spiro atoms. The van der Waals surface area contributed by atoms with Crippen molar-refractivity contribution in [3.63, 3.8) is 0 Å². The highest BCUT2D eigenvalue weighted by molar-refractivity contribution is 7.21. The first kappa shape index (κ1) is 43.4. The SMILES string of the molecule is C.C.CC(C)c1cc2cc3sc(C(C)C)cc3cc2s1.CC(C)c1nc2cc3oc(C(C)C)nc3cc2o1.CC(C)c1nc2cc3sc(C(C)C)nc3cc2s1. The zero-order valence-corrected chi connectivity index (χ0v) is 36.6. The maximum Gasteiger partial charge on any atom is 0.198 e. The molecule has 0 unspecified atom stereocenters. The summed E-state index contributed by atoms with van der Waals surface area (Å²) in [5.74, 6) is 4.33. The zero-order valence-electron chi connectivity index (χ0n) is 33.3. The number of benzene rings is 3. The van der Waals surface area contributed by atoms with Gasteiger partial charge in [-0.3, -0.25) is 0 Å². The van der Waals surface area contributed by atoms with Crippen LogP contribution in [0.4, 0.5) is 0 Å². The number of aromatic nitrogens is 4. The third kappa shape index (κ3) is 9.04.